The molecule has 0 aliphatic carbocycles. The van der Waals surface area contributed by atoms with Gasteiger partial charge in [-0.25, -0.2) is 4.98 Å². The number of benzene rings is 1. The predicted molar refractivity (Wildman–Crippen MR) is 75.0 cm³/mol. The summed E-state index contributed by atoms with van der Waals surface area (Å²) in [5.74, 6) is 0.923. The molecule has 5 heteroatoms. The molecule has 0 spiro atoms. The topological polar surface area (TPSA) is 39.2 Å². The maximum atomic E-state index is 12.2. The third-order valence-corrected chi connectivity index (χ3v) is 4.16. The zero-order chi connectivity index (χ0) is 13.0. The molecule has 2 rings (SSSR count). The van der Waals surface area contributed by atoms with E-state index in [9.17, 15) is 4.21 Å². The Kier molecular flexibility index (Phi) is 4.49. The summed E-state index contributed by atoms with van der Waals surface area (Å²) in [7, 11) is 0.464. The molecule has 94 valence electrons. The van der Waals surface area contributed by atoms with Crippen molar-refractivity contribution in [1.82, 2.24) is 4.98 Å². The molecule has 0 fully saturated rings. The van der Waals surface area contributed by atoms with Crippen LogP contribution in [0.25, 0.3) is 0 Å². The standard InChI is InChI=1S/C13H12BrNO2S/c1-17-13-7-3-5-11(15-13)9-18(16)12-6-2-4-10(14)8-12/h2-8H,9H2,1H3. The molecule has 1 heterocycles. The van der Waals surface area contributed by atoms with Gasteiger partial charge in [0.15, 0.2) is 0 Å². The Morgan fingerprint density at radius 2 is 2.06 bits per heavy atom. The van der Waals surface area contributed by atoms with Crippen LogP contribution in [0.2, 0.25) is 0 Å². The number of pyridine rings is 1. The van der Waals surface area contributed by atoms with E-state index in [0.717, 1.165) is 15.1 Å². The summed E-state index contributed by atoms with van der Waals surface area (Å²) in [6, 6.07) is 12.9. The summed E-state index contributed by atoms with van der Waals surface area (Å²) < 4.78 is 18.1. The first kappa shape index (κ1) is 13.2. The molecule has 3 nitrogen and oxygen atoms in total. The number of nitrogens with zero attached hydrogens (tertiary/aromatic N) is 1. The molecule has 18 heavy (non-hydrogen) atoms. The quantitative estimate of drug-likeness (QED) is 0.866. The molecule has 0 saturated carbocycles. The molecular weight excluding hydrogens is 314 g/mol. The molecule has 1 aromatic carbocycles. The van der Waals surface area contributed by atoms with Gasteiger partial charge in [-0.05, 0) is 24.3 Å². The normalized spacial score (nSPS) is 12.1. The predicted octanol–water partition coefficient (Wildman–Crippen LogP) is 3.16. The molecule has 1 unspecified atom stereocenters. The van der Waals surface area contributed by atoms with E-state index in [-0.39, 0.29) is 0 Å². The number of aromatic nitrogens is 1. The van der Waals surface area contributed by atoms with E-state index in [1.54, 1.807) is 13.2 Å². The summed E-state index contributed by atoms with van der Waals surface area (Å²) >= 11 is 3.37. The largest absolute Gasteiger partial charge is 0.481 e. The van der Waals surface area contributed by atoms with Crippen molar-refractivity contribution in [3.8, 4) is 5.88 Å². The van der Waals surface area contributed by atoms with Crippen LogP contribution >= 0.6 is 15.9 Å². The van der Waals surface area contributed by atoms with Crippen LogP contribution in [0.3, 0.4) is 0 Å². The van der Waals surface area contributed by atoms with Gasteiger partial charge in [-0.1, -0.05) is 28.1 Å². The fourth-order valence-electron chi connectivity index (χ4n) is 1.48. The number of methoxy groups -OCH3 is 1. The van der Waals surface area contributed by atoms with Crippen LogP contribution in [0.5, 0.6) is 5.88 Å². The molecule has 0 amide bonds. The van der Waals surface area contributed by atoms with Crippen LogP contribution in [0.4, 0.5) is 0 Å². The van der Waals surface area contributed by atoms with Crippen molar-refractivity contribution in [2.75, 3.05) is 7.11 Å². The Labute approximate surface area is 117 Å². The van der Waals surface area contributed by atoms with Gasteiger partial charge in [-0.15, -0.1) is 0 Å². The highest BCUT2D eigenvalue weighted by atomic mass is 79.9. The number of ether oxygens (including phenoxy) is 1. The van der Waals surface area contributed by atoms with E-state index in [4.69, 9.17) is 4.74 Å². The highest BCUT2D eigenvalue weighted by Gasteiger charge is 2.07. The van der Waals surface area contributed by atoms with Crippen LogP contribution in [0.1, 0.15) is 5.69 Å². The van der Waals surface area contributed by atoms with E-state index in [1.165, 1.54) is 0 Å². The van der Waals surface area contributed by atoms with Crippen molar-refractivity contribution in [2.24, 2.45) is 0 Å². The second-order valence-corrected chi connectivity index (χ2v) is 5.99. The summed E-state index contributed by atoms with van der Waals surface area (Å²) in [5.41, 5.74) is 0.757. The minimum atomic E-state index is -1.10. The number of hydrogen-bond acceptors (Lipinski definition) is 3. The SMILES string of the molecule is COc1cccc(CS(=O)c2cccc(Br)c2)n1. The van der Waals surface area contributed by atoms with Crippen molar-refractivity contribution in [2.45, 2.75) is 10.6 Å². The molecule has 1 aromatic heterocycles. The first-order valence-electron chi connectivity index (χ1n) is 5.33. The Balaban J connectivity index is 2.16. The maximum Gasteiger partial charge on any atom is 0.213 e. The zero-order valence-corrected chi connectivity index (χ0v) is 12.2. The van der Waals surface area contributed by atoms with Gasteiger partial charge >= 0.3 is 0 Å². The van der Waals surface area contributed by atoms with E-state index < -0.39 is 10.8 Å². The average molecular weight is 326 g/mol. The molecule has 0 aliphatic rings. The van der Waals surface area contributed by atoms with Gasteiger partial charge in [-0.3, -0.25) is 4.21 Å². The van der Waals surface area contributed by atoms with Crippen LogP contribution < -0.4 is 4.74 Å². The van der Waals surface area contributed by atoms with Gasteiger partial charge in [-0.2, -0.15) is 0 Å². The van der Waals surface area contributed by atoms with Gasteiger partial charge in [0.25, 0.3) is 0 Å². The van der Waals surface area contributed by atoms with E-state index in [1.807, 2.05) is 36.4 Å². The van der Waals surface area contributed by atoms with Crippen LogP contribution in [0, 0.1) is 0 Å². The monoisotopic (exact) mass is 325 g/mol. The third kappa shape index (κ3) is 3.40. The Bertz CT molecular complexity index is 574. The minimum absolute atomic E-state index is 0.383. The number of halogens is 1. The van der Waals surface area contributed by atoms with Crippen LogP contribution in [-0.2, 0) is 16.6 Å². The van der Waals surface area contributed by atoms with E-state index in [2.05, 4.69) is 20.9 Å². The third-order valence-electron chi connectivity index (χ3n) is 2.33. The maximum absolute atomic E-state index is 12.2. The highest BCUT2D eigenvalue weighted by Crippen LogP contribution is 2.17. The minimum Gasteiger partial charge on any atom is -0.481 e. The summed E-state index contributed by atoms with van der Waals surface area (Å²) in [6.45, 7) is 0. The Morgan fingerprint density at radius 3 is 2.78 bits per heavy atom. The lowest BCUT2D eigenvalue weighted by Crippen LogP contribution is -2.00. The molecule has 0 aliphatic heterocycles. The lowest BCUT2D eigenvalue weighted by Gasteiger charge is -2.04. The molecule has 2 aromatic rings. The van der Waals surface area contributed by atoms with Gasteiger partial charge in [0.1, 0.15) is 0 Å². The van der Waals surface area contributed by atoms with Gasteiger partial charge in [0.2, 0.25) is 5.88 Å². The van der Waals surface area contributed by atoms with Crippen molar-refractivity contribution in [1.29, 1.82) is 0 Å². The fourth-order valence-corrected chi connectivity index (χ4v) is 3.11. The summed E-state index contributed by atoms with van der Waals surface area (Å²) in [5, 5.41) is 0. The Morgan fingerprint density at radius 1 is 1.28 bits per heavy atom. The van der Waals surface area contributed by atoms with E-state index in [0.29, 0.717) is 11.6 Å². The molecule has 0 N–H and O–H groups in total. The molecular formula is C13H12BrNO2S. The first-order chi connectivity index (χ1) is 8.69. The Hall–Kier alpha value is -1.20. The van der Waals surface area contributed by atoms with Crippen LogP contribution in [0.15, 0.2) is 51.8 Å². The lowest BCUT2D eigenvalue weighted by molar-refractivity contribution is 0.397. The molecule has 1 atom stereocenters. The van der Waals surface area contributed by atoms with Crippen molar-refractivity contribution in [3.05, 3.63) is 52.6 Å². The summed E-state index contributed by atoms with van der Waals surface area (Å²) in [4.78, 5) is 5.04. The average Bonchev–Trinajstić information content (AvgIpc) is 2.39. The molecule has 0 bridgehead atoms. The number of hydrogen-bond donors (Lipinski definition) is 0. The van der Waals surface area contributed by atoms with Crippen molar-refractivity contribution >= 4 is 26.7 Å². The number of rotatable bonds is 4. The van der Waals surface area contributed by atoms with Gasteiger partial charge in [0, 0.05) is 15.4 Å². The highest BCUT2D eigenvalue weighted by molar-refractivity contribution is 9.10. The zero-order valence-electron chi connectivity index (χ0n) is 9.80. The molecule has 0 radical (unpaired) electrons. The van der Waals surface area contributed by atoms with Crippen LogP contribution in [-0.4, -0.2) is 16.3 Å². The molecule has 0 saturated heterocycles. The smallest absolute Gasteiger partial charge is 0.213 e. The lowest BCUT2D eigenvalue weighted by atomic mass is 10.4. The second-order valence-electron chi connectivity index (χ2n) is 3.62. The van der Waals surface area contributed by atoms with Crippen molar-refractivity contribution < 1.29 is 8.95 Å². The second kappa shape index (κ2) is 6.11. The fraction of sp³-hybridized carbons (Fsp3) is 0.154. The van der Waals surface area contributed by atoms with Gasteiger partial charge < -0.3 is 4.74 Å². The van der Waals surface area contributed by atoms with Crippen molar-refractivity contribution in [3.63, 3.8) is 0 Å². The summed E-state index contributed by atoms with van der Waals surface area (Å²) in [6.07, 6.45) is 0. The first-order valence-corrected chi connectivity index (χ1v) is 7.44. The van der Waals surface area contributed by atoms with E-state index >= 15 is 0 Å². The van der Waals surface area contributed by atoms with Gasteiger partial charge in [0.05, 0.1) is 29.4 Å².